The van der Waals surface area contributed by atoms with Crippen molar-refractivity contribution in [2.75, 3.05) is 6.54 Å². The third-order valence-corrected chi connectivity index (χ3v) is 4.59. The normalized spacial score (nSPS) is 23.6. The monoisotopic (exact) mass is 302 g/mol. The number of hydrogen-bond donors (Lipinski definition) is 2. The molecule has 120 valence electrons. The fourth-order valence-corrected chi connectivity index (χ4v) is 2.94. The van der Waals surface area contributed by atoms with Crippen LogP contribution in [-0.4, -0.2) is 24.7 Å². The van der Waals surface area contributed by atoms with Crippen LogP contribution in [0.1, 0.15) is 44.1 Å². The SMILES string of the molecule is O=C(NC1CC(NCCCC2CC2)C1)OCc1ccccc1. The molecule has 22 heavy (non-hydrogen) atoms. The van der Waals surface area contributed by atoms with E-state index in [9.17, 15) is 4.79 Å². The minimum Gasteiger partial charge on any atom is -0.445 e. The Balaban J connectivity index is 1.21. The van der Waals surface area contributed by atoms with Crippen molar-refractivity contribution < 1.29 is 9.53 Å². The van der Waals surface area contributed by atoms with Crippen LogP contribution in [-0.2, 0) is 11.3 Å². The molecule has 2 aliphatic rings. The predicted octanol–water partition coefficient (Wildman–Crippen LogP) is 3.22. The van der Waals surface area contributed by atoms with Crippen molar-refractivity contribution in [1.29, 1.82) is 0 Å². The van der Waals surface area contributed by atoms with Crippen LogP contribution >= 0.6 is 0 Å². The Morgan fingerprint density at radius 3 is 2.64 bits per heavy atom. The van der Waals surface area contributed by atoms with Crippen molar-refractivity contribution in [2.45, 2.75) is 57.2 Å². The Hall–Kier alpha value is -1.55. The first-order valence-electron chi connectivity index (χ1n) is 8.50. The summed E-state index contributed by atoms with van der Waals surface area (Å²) in [6.07, 6.45) is 7.29. The number of rotatable bonds is 8. The van der Waals surface area contributed by atoms with E-state index in [-0.39, 0.29) is 12.1 Å². The van der Waals surface area contributed by atoms with Gasteiger partial charge in [0.15, 0.2) is 0 Å². The van der Waals surface area contributed by atoms with Crippen molar-refractivity contribution >= 4 is 6.09 Å². The first-order valence-corrected chi connectivity index (χ1v) is 8.50. The maximum Gasteiger partial charge on any atom is 0.407 e. The highest BCUT2D eigenvalue weighted by molar-refractivity contribution is 5.67. The molecule has 0 saturated heterocycles. The van der Waals surface area contributed by atoms with E-state index in [2.05, 4.69) is 10.6 Å². The molecule has 0 radical (unpaired) electrons. The molecule has 1 aromatic rings. The summed E-state index contributed by atoms with van der Waals surface area (Å²) in [6.45, 7) is 1.45. The van der Waals surface area contributed by atoms with Crippen LogP contribution in [0.2, 0.25) is 0 Å². The molecule has 2 saturated carbocycles. The summed E-state index contributed by atoms with van der Waals surface area (Å²) >= 11 is 0. The molecule has 1 aromatic carbocycles. The van der Waals surface area contributed by atoms with Crippen LogP contribution in [0.25, 0.3) is 0 Å². The van der Waals surface area contributed by atoms with Gasteiger partial charge >= 0.3 is 6.09 Å². The molecule has 0 heterocycles. The summed E-state index contributed by atoms with van der Waals surface area (Å²) in [6, 6.07) is 10.6. The molecular formula is C18H26N2O2. The molecule has 3 rings (SSSR count). The van der Waals surface area contributed by atoms with Gasteiger partial charge in [0.05, 0.1) is 0 Å². The Morgan fingerprint density at radius 1 is 1.14 bits per heavy atom. The molecule has 1 amide bonds. The number of nitrogens with one attached hydrogen (secondary N) is 2. The second-order valence-electron chi connectivity index (χ2n) is 6.61. The molecule has 0 aliphatic heterocycles. The summed E-state index contributed by atoms with van der Waals surface area (Å²) in [5.74, 6) is 1.02. The summed E-state index contributed by atoms with van der Waals surface area (Å²) in [5.41, 5.74) is 1.02. The van der Waals surface area contributed by atoms with Crippen LogP contribution in [0.5, 0.6) is 0 Å². The van der Waals surface area contributed by atoms with Crippen LogP contribution in [0.4, 0.5) is 4.79 Å². The zero-order valence-electron chi connectivity index (χ0n) is 13.1. The zero-order chi connectivity index (χ0) is 15.2. The van der Waals surface area contributed by atoms with Gasteiger partial charge in [-0.2, -0.15) is 0 Å². The number of benzene rings is 1. The first-order chi connectivity index (χ1) is 10.8. The van der Waals surface area contributed by atoms with Gasteiger partial charge < -0.3 is 15.4 Å². The van der Waals surface area contributed by atoms with E-state index >= 15 is 0 Å². The Kier molecular flexibility index (Phi) is 5.33. The number of carbonyl (C=O) groups excluding carboxylic acids is 1. The Morgan fingerprint density at radius 2 is 1.91 bits per heavy atom. The first kappa shape index (κ1) is 15.3. The summed E-state index contributed by atoms with van der Waals surface area (Å²) in [4.78, 5) is 11.7. The molecule has 0 bridgehead atoms. The van der Waals surface area contributed by atoms with E-state index in [0.29, 0.717) is 12.6 Å². The minimum absolute atomic E-state index is 0.268. The lowest BCUT2D eigenvalue weighted by molar-refractivity contribution is 0.125. The minimum atomic E-state index is -0.305. The molecular weight excluding hydrogens is 276 g/mol. The van der Waals surface area contributed by atoms with E-state index in [0.717, 1.165) is 30.9 Å². The van der Waals surface area contributed by atoms with Crippen molar-refractivity contribution in [2.24, 2.45) is 5.92 Å². The predicted molar refractivity (Wildman–Crippen MR) is 86.5 cm³/mol. The maximum absolute atomic E-state index is 11.7. The van der Waals surface area contributed by atoms with Crippen molar-refractivity contribution in [3.8, 4) is 0 Å². The Bertz CT molecular complexity index is 467. The number of ether oxygens (including phenoxy) is 1. The van der Waals surface area contributed by atoms with Gasteiger partial charge in [0.2, 0.25) is 0 Å². The largest absolute Gasteiger partial charge is 0.445 e. The van der Waals surface area contributed by atoms with Gasteiger partial charge in [-0.25, -0.2) is 4.79 Å². The lowest BCUT2D eigenvalue weighted by Crippen LogP contribution is -2.52. The topological polar surface area (TPSA) is 50.4 Å². The van der Waals surface area contributed by atoms with Gasteiger partial charge in [-0.3, -0.25) is 0 Å². The second kappa shape index (κ2) is 7.63. The summed E-state index contributed by atoms with van der Waals surface area (Å²) in [7, 11) is 0. The molecule has 4 nitrogen and oxygen atoms in total. The fourth-order valence-electron chi connectivity index (χ4n) is 2.94. The average molecular weight is 302 g/mol. The van der Waals surface area contributed by atoms with Crippen LogP contribution < -0.4 is 10.6 Å². The van der Waals surface area contributed by atoms with Gasteiger partial charge in [-0.05, 0) is 43.7 Å². The molecule has 4 heteroatoms. The lowest BCUT2D eigenvalue weighted by Gasteiger charge is -2.36. The van der Waals surface area contributed by atoms with Crippen molar-refractivity contribution in [3.63, 3.8) is 0 Å². The zero-order valence-corrected chi connectivity index (χ0v) is 13.1. The molecule has 2 N–H and O–H groups in total. The van der Waals surface area contributed by atoms with E-state index in [1.54, 1.807) is 0 Å². The molecule has 2 aliphatic carbocycles. The fraction of sp³-hybridized carbons (Fsp3) is 0.611. The standard InChI is InChI=1S/C18H26N2O2/c21-18(22-13-15-5-2-1-3-6-15)20-17-11-16(12-17)19-10-4-7-14-8-9-14/h1-3,5-6,14,16-17,19H,4,7-13H2,(H,20,21). The van der Waals surface area contributed by atoms with Crippen molar-refractivity contribution in [1.82, 2.24) is 10.6 Å². The Labute approximate surface area is 132 Å². The number of carbonyl (C=O) groups is 1. The highest BCUT2D eigenvalue weighted by Crippen LogP contribution is 2.33. The quantitative estimate of drug-likeness (QED) is 0.725. The van der Waals surface area contributed by atoms with Gasteiger partial charge in [0.25, 0.3) is 0 Å². The third kappa shape index (κ3) is 5.02. The average Bonchev–Trinajstić information content (AvgIpc) is 3.31. The van der Waals surface area contributed by atoms with Crippen LogP contribution in [0.3, 0.4) is 0 Å². The lowest BCUT2D eigenvalue weighted by atomic mass is 9.87. The molecule has 2 fully saturated rings. The van der Waals surface area contributed by atoms with Crippen molar-refractivity contribution in [3.05, 3.63) is 35.9 Å². The summed E-state index contributed by atoms with van der Waals surface area (Å²) in [5, 5.41) is 6.51. The second-order valence-corrected chi connectivity index (χ2v) is 6.61. The van der Waals surface area contributed by atoms with Gasteiger partial charge in [0, 0.05) is 12.1 Å². The van der Waals surface area contributed by atoms with Crippen LogP contribution in [0, 0.1) is 5.92 Å². The van der Waals surface area contributed by atoms with Gasteiger partial charge in [-0.15, -0.1) is 0 Å². The summed E-state index contributed by atoms with van der Waals surface area (Å²) < 4.78 is 5.23. The number of alkyl carbamates (subject to hydrolysis) is 1. The molecule has 0 spiro atoms. The maximum atomic E-state index is 11.7. The van der Waals surface area contributed by atoms with E-state index < -0.39 is 0 Å². The molecule has 0 unspecified atom stereocenters. The highest BCUT2D eigenvalue weighted by atomic mass is 16.5. The third-order valence-electron chi connectivity index (χ3n) is 4.59. The van der Waals surface area contributed by atoms with Gasteiger partial charge in [0.1, 0.15) is 6.61 Å². The number of amides is 1. The van der Waals surface area contributed by atoms with E-state index in [1.165, 1.54) is 25.7 Å². The van der Waals surface area contributed by atoms with E-state index in [1.807, 2.05) is 30.3 Å². The smallest absolute Gasteiger partial charge is 0.407 e. The molecule has 0 aromatic heterocycles. The van der Waals surface area contributed by atoms with Gasteiger partial charge in [-0.1, -0.05) is 43.2 Å². The highest BCUT2D eigenvalue weighted by Gasteiger charge is 2.30. The van der Waals surface area contributed by atoms with Crippen LogP contribution in [0.15, 0.2) is 30.3 Å². The van der Waals surface area contributed by atoms with E-state index in [4.69, 9.17) is 4.74 Å². The molecule has 0 atom stereocenters. The number of hydrogen-bond acceptors (Lipinski definition) is 3.